The third kappa shape index (κ3) is 4.51. The summed E-state index contributed by atoms with van der Waals surface area (Å²) in [4.78, 5) is 26.5. The minimum absolute atomic E-state index is 0.626. The van der Waals surface area contributed by atoms with E-state index in [0.29, 0.717) is 16.9 Å². The second-order valence-electron chi connectivity index (χ2n) is 7.76. The number of nitrogens with zero attached hydrogens (tertiary/aromatic N) is 1. The molecule has 1 aliphatic heterocycles. The number of carbonyl (C=O) groups is 2. The molecule has 3 rings (SSSR count). The van der Waals surface area contributed by atoms with E-state index >= 15 is 0 Å². The monoisotopic (exact) mass is 399 g/mol. The van der Waals surface area contributed by atoms with Gasteiger partial charge in [0.05, 0.1) is 7.11 Å². The highest BCUT2D eigenvalue weighted by molar-refractivity contribution is 5.77. The largest absolute Gasteiger partial charge is 0.497 e. The maximum Gasteiger partial charge on any atom is 0.413 e. The first-order chi connectivity index (χ1) is 13.7. The van der Waals surface area contributed by atoms with Crippen LogP contribution in [0.5, 0.6) is 5.75 Å². The molecule has 0 radical (unpaired) electrons. The number of carbonyl (C=O) groups excluding carboxylic acids is 1. The van der Waals surface area contributed by atoms with E-state index in [0.717, 1.165) is 0 Å². The summed E-state index contributed by atoms with van der Waals surface area (Å²) in [6, 6.07) is 15.1. The van der Waals surface area contributed by atoms with Crippen LogP contribution in [0, 0.1) is 0 Å². The highest BCUT2D eigenvalue weighted by atomic mass is 16.6. The molecule has 0 unspecified atom stereocenters. The van der Waals surface area contributed by atoms with Crippen LogP contribution in [-0.2, 0) is 14.3 Å². The Morgan fingerprint density at radius 3 is 2.14 bits per heavy atom. The van der Waals surface area contributed by atoms with Crippen LogP contribution >= 0.6 is 0 Å². The van der Waals surface area contributed by atoms with Gasteiger partial charge in [-0.2, -0.15) is 0 Å². The summed E-state index contributed by atoms with van der Waals surface area (Å²) in [6.07, 6.45) is -2.80. The van der Waals surface area contributed by atoms with Gasteiger partial charge in [0, 0.05) is 5.56 Å². The highest BCUT2D eigenvalue weighted by Crippen LogP contribution is 2.44. The third-order valence-electron chi connectivity index (χ3n) is 4.50. The van der Waals surface area contributed by atoms with Gasteiger partial charge in [-0.05, 0) is 38.5 Å². The molecule has 1 amide bonds. The number of hydrogen-bond donors (Lipinski definition) is 1. The minimum atomic E-state index is -1.24. The maximum absolute atomic E-state index is 13.1. The first kappa shape index (κ1) is 20.7. The van der Waals surface area contributed by atoms with Crippen molar-refractivity contribution in [3.05, 3.63) is 65.7 Å². The molecular formula is C22H25NO6. The zero-order chi connectivity index (χ0) is 21.2. The lowest BCUT2D eigenvalue weighted by Gasteiger charge is -2.31. The van der Waals surface area contributed by atoms with Gasteiger partial charge in [0.2, 0.25) is 0 Å². The lowest BCUT2D eigenvalue weighted by atomic mass is 10.0. The van der Waals surface area contributed by atoms with Crippen molar-refractivity contribution in [2.75, 3.05) is 7.11 Å². The number of hydrogen-bond acceptors (Lipinski definition) is 5. The van der Waals surface area contributed by atoms with E-state index < -0.39 is 36.0 Å². The number of amides is 1. The van der Waals surface area contributed by atoms with Gasteiger partial charge in [0.25, 0.3) is 0 Å². The summed E-state index contributed by atoms with van der Waals surface area (Å²) in [5, 5.41) is 9.80. The Labute approximate surface area is 169 Å². The Morgan fingerprint density at radius 2 is 1.62 bits per heavy atom. The number of benzene rings is 2. The first-order valence-corrected chi connectivity index (χ1v) is 9.30. The smallest absolute Gasteiger partial charge is 0.413 e. The second kappa shape index (κ2) is 8.13. The summed E-state index contributed by atoms with van der Waals surface area (Å²) in [5.41, 5.74) is 0.535. The number of ether oxygens (including phenoxy) is 3. The molecule has 7 heteroatoms. The normalized spacial score (nSPS) is 21.7. The molecular weight excluding hydrogens is 374 g/mol. The molecule has 3 atom stereocenters. The van der Waals surface area contributed by atoms with E-state index in [1.165, 1.54) is 4.90 Å². The summed E-state index contributed by atoms with van der Waals surface area (Å²) < 4.78 is 16.7. The molecule has 1 aliphatic rings. The van der Waals surface area contributed by atoms with Crippen LogP contribution in [0.25, 0.3) is 0 Å². The second-order valence-corrected chi connectivity index (χ2v) is 7.76. The van der Waals surface area contributed by atoms with Crippen molar-refractivity contribution in [2.45, 2.75) is 44.7 Å². The molecule has 0 saturated carbocycles. The summed E-state index contributed by atoms with van der Waals surface area (Å²) in [5.74, 6) is -0.506. The molecule has 7 nitrogen and oxygen atoms in total. The van der Waals surface area contributed by atoms with Crippen molar-refractivity contribution < 1.29 is 28.9 Å². The van der Waals surface area contributed by atoms with Crippen LogP contribution in [0.15, 0.2) is 54.6 Å². The predicted octanol–water partition coefficient (Wildman–Crippen LogP) is 4.16. The highest BCUT2D eigenvalue weighted by Gasteiger charge is 2.51. The lowest BCUT2D eigenvalue weighted by molar-refractivity contribution is -0.150. The van der Waals surface area contributed by atoms with Gasteiger partial charge in [-0.3, -0.25) is 4.90 Å². The van der Waals surface area contributed by atoms with Crippen LogP contribution in [0.2, 0.25) is 0 Å². The van der Waals surface area contributed by atoms with E-state index in [2.05, 4.69) is 0 Å². The third-order valence-corrected chi connectivity index (χ3v) is 4.50. The van der Waals surface area contributed by atoms with Gasteiger partial charge in [0.15, 0.2) is 12.3 Å². The quantitative estimate of drug-likeness (QED) is 0.831. The predicted molar refractivity (Wildman–Crippen MR) is 105 cm³/mol. The van der Waals surface area contributed by atoms with Crippen LogP contribution < -0.4 is 4.74 Å². The molecule has 1 heterocycles. The summed E-state index contributed by atoms with van der Waals surface area (Å²) in [6.45, 7) is 5.28. The number of carboxylic acids is 1. The van der Waals surface area contributed by atoms with E-state index in [9.17, 15) is 14.7 Å². The van der Waals surface area contributed by atoms with Gasteiger partial charge >= 0.3 is 12.1 Å². The van der Waals surface area contributed by atoms with E-state index in [1.54, 1.807) is 76.4 Å². The number of aliphatic carboxylic acids is 1. The molecule has 0 aromatic heterocycles. The zero-order valence-electron chi connectivity index (χ0n) is 16.9. The molecule has 154 valence electrons. The standard InChI is InChI=1S/C22H25NO6/c1-22(2,3)29-21(26)23-17(14-8-6-5-7-9-14)18(20(24)25)28-19(23)15-10-12-16(27-4)13-11-15/h5-13,17-19H,1-4H3,(H,24,25)/t17-,18+,19-/m1/s1. The first-order valence-electron chi connectivity index (χ1n) is 9.30. The van der Waals surface area contributed by atoms with Crippen molar-refractivity contribution in [2.24, 2.45) is 0 Å². The fraction of sp³-hybridized carbons (Fsp3) is 0.364. The van der Waals surface area contributed by atoms with Gasteiger partial charge in [0.1, 0.15) is 17.4 Å². The SMILES string of the molecule is COc1ccc([C@H]2O[C@H](C(=O)O)[C@@H](c3ccccc3)N2C(=O)OC(C)(C)C)cc1. The maximum atomic E-state index is 13.1. The van der Waals surface area contributed by atoms with Gasteiger partial charge in [-0.1, -0.05) is 42.5 Å². The van der Waals surface area contributed by atoms with Gasteiger partial charge < -0.3 is 19.3 Å². The van der Waals surface area contributed by atoms with Crippen LogP contribution in [0.1, 0.15) is 44.2 Å². The average Bonchev–Trinajstić information content (AvgIpc) is 3.08. The lowest BCUT2D eigenvalue weighted by Crippen LogP contribution is -2.40. The number of rotatable bonds is 4. The number of carboxylic acid groups (broad SMARTS) is 1. The Balaban J connectivity index is 2.07. The van der Waals surface area contributed by atoms with E-state index in [4.69, 9.17) is 14.2 Å². The average molecular weight is 399 g/mol. The molecule has 0 aliphatic carbocycles. The molecule has 2 aromatic rings. The Hall–Kier alpha value is -3.06. The van der Waals surface area contributed by atoms with Crippen molar-refractivity contribution in [1.29, 1.82) is 0 Å². The topological polar surface area (TPSA) is 85.3 Å². The molecule has 1 fully saturated rings. The summed E-state index contributed by atoms with van der Waals surface area (Å²) >= 11 is 0. The van der Waals surface area contributed by atoms with Crippen molar-refractivity contribution in [3.8, 4) is 5.75 Å². The Bertz CT molecular complexity index is 859. The minimum Gasteiger partial charge on any atom is -0.497 e. The summed E-state index contributed by atoms with van der Waals surface area (Å²) in [7, 11) is 1.56. The van der Waals surface area contributed by atoms with Crippen LogP contribution in [0.3, 0.4) is 0 Å². The van der Waals surface area contributed by atoms with Crippen LogP contribution in [-0.4, -0.2) is 40.9 Å². The molecule has 2 aromatic carbocycles. The zero-order valence-corrected chi connectivity index (χ0v) is 16.9. The molecule has 1 saturated heterocycles. The Kier molecular flexibility index (Phi) is 5.79. The van der Waals surface area contributed by atoms with Gasteiger partial charge in [-0.25, -0.2) is 9.59 Å². The fourth-order valence-corrected chi connectivity index (χ4v) is 3.28. The van der Waals surface area contributed by atoms with Crippen LogP contribution in [0.4, 0.5) is 4.79 Å². The molecule has 29 heavy (non-hydrogen) atoms. The Morgan fingerprint density at radius 1 is 1.00 bits per heavy atom. The molecule has 1 N–H and O–H groups in total. The number of methoxy groups -OCH3 is 1. The van der Waals surface area contributed by atoms with E-state index in [-0.39, 0.29) is 0 Å². The van der Waals surface area contributed by atoms with Crippen molar-refractivity contribution in [1.82, 2.24) is 4.90 Å². The van der Waals surface area contributed by atoms with E-state index in [1.807, 2.05) is 6.07 Å². The molecule has 0 spiro atoms. The van der Waals surface area contributed by atoms with Crippen molar-refractivity contribution >= 4 is 12.1 Å². The van der Waals surface area contributed by atoms with Gasteiger partial charge in [-0.15, -0.1) is 0 Å². The fourth-order valence-electron chi connectivity index (χ4n) is 3.28. The van der Waals surface area contributed by atoms with Crippen molar-refractivity contribution in [3.63, 3.8) is 0 Å². The molecule has 0 bridgehead atoms.